The standard InChI is InChI=1S/C19H14N4O2S3/c24-17(10-28-19-18-12(5-8-27-18)20-11-21-19)23-14(16-4-2-7-26-16)9-13(22-23)15-3-1-6-25-15/h1-8,11,14H,9-10H2. The number of hydrogen-bond donors (Lipinski definition) is 0. The van der Waals surface area contributed by atoms with E-state index in [1.807, 2.05) is 41.1 Å². The summed E-state index contributed by atoms with van der Waals surface area (Å²) in [6.07, 6.45) is 3.81. The van der Waals surface area contributed by atoms with Crippen molar-refractivity contribution >= 4 is 56.3 Å². The van der Waals surface area contributed by atoms with Crippen LogP contribution in [0.25, 0.3) is 10.2 Å². The third kappa shape index (κ3) is 3.25. The molecule has 1 amide bonds. The largest absolute Gasteiger partial charge is 0.463 e. The van der Waals surface area contributed by atoms with Crippen molar-refractivity contribution in [3.63, 3.8) is 0 Å². The molecule has 0 aromatic carbocycles. The molecule has 0 bridgehead atoms. The summed E-state index contributed by atoms with van der Waals surface area (Å²) in [5.74, 6) is 0.926. The number of thiophene rings is 2. The lowest BCUT2D eigenvalue weighted by Crippen LogP contribution is -2.28. The molecule has 1 aliphatic heterocycles. The summed E-state index contributed by atoms with van der Waals surface area (Å²) >= 11 is 4.65. The maximum Gasteiger partial charge on any atom is 0.253 e. The summed E-state index contributed by atoms with van der Waals surface area (Å²) in [5.41, 5.74) is 1.70. The minimum Gasteiger partial charge on any atom is -0.463 e. The van der Waals surface area contributed by atoms with Gasteiger partial charge in [0.25, 0.3) is 5.91 Å². The first-order valence-corrected chi connectivity index (χ1v) is 11.3. The van der Waals surface area contributed by atoms with Crippen molar-refractivity contribution in [3.8, 4) is 0 Å². The minimum absolute atomic E-state index is 0.0479. The number of carbonyl (C=O) groups excluding carboxylic acids is 1. The summed E-state index contributed by atoms with van der Waals surface area (Å²) in [7, 11) is 0. The molecule has 1 unspecified atom stereocenters. The van der Waals surface area contributed by atoms with Crippen molar-refractivity contribution < 1.29 is 9.21 Å². The van der Waals surface area contributed by atoms with Crippen LogP contribution in [0.1, 0.15) is 23.1 Å². The van der Waals surface area contributed by atoms with E-state index in [1.165, 1.54) is 11.8 Å². The number of nitrogens with zero attached hydrogens (tertiary/aromatic N) is 4. The Hall–Kier alpha value is -2.49. The van der Waals surface area contributed by atoms with E-state index >= 15 is 0 Å². The fraction of sp³-hybridized carbons (Fsp3) is 0.158. The molecule has 9 heteroatoms. The van der Waals surface area contributed by atoms with Gasteiger partial charge in [0.2, 0.25) is 0 Å². The van der Waals surface area contributed by atoms with Crippen molar-refractivity contribution in [2.75, 3.05) is 5.75 Å². The SMILES string of the molecule is O=C(CSc1ncnc2ccsc12)N1N=C(c2ccco2)CC1c1cccs1. The van der Waals surface area contributed by atoms with Gasteiger partial charge in [-0.05, 0) is 35.0 Å². The lowest BCUT2D eigenvalue weighted by Gasteiger charge is -2.20. The third-order valence-corrected chi connectivity index (χ3v) is 7.37. The van der Waals surface area contributed by atoms with Crippen LogP contribution in [0.4, 0.5) is 0 Å². The highest BCUT2D eigenvalue weighted by atomic mass is 32.2. The molecule has 6 nitrogen and oxygen atoms in total. The molecule has 4 aromatic rings. The van der Waals surface area contributed by atoms with Crippen LogP contribution in [0.15, 0.2) is 68.2 Å². The van der Waals surface area contributed by atoms with Gasteiger partial charge in [0, 0.05) is 11.3 Å². The fourth-order valence-electron chi connectivity index (χ4n) is 3.10. The zero-order valence-corrected chi connectivity index (χ0v) is 17.0. The number of aromatic nitrogens is 2. The second-order valence-electron chi connectivity index (χ2n) is 6.10. The zero-order valence-electron chi connectivity index (χ0n) is 14.5. The molecule has 0 radical (unpaired) electrons. The van der Waals surface area contributed by atoms with Crippen LogP contribution in [0.2, 0.25) is 0 Å². The van der Waals surface area contributed by atoms with Gasteiger partial charge in [-0.2, -0.15) is 5.10 Å². The van der Waals surface area contributed by atoms with Crippen molar-refractivity contribution in [2.24, 2.45) is 5.10 Å². The third-order valence-electron chi connectivity index (χ3n) is 4.39. The normalized spacial score (nSPS) is 16.6. The van der Waals surface area contributed by atoms with Crippen LogP contribution in [0.5, 0.6) is 0 Å². The maximum absolute atomic E-state index is 13.0. The molecular formula is C19H14N4O2S3. The van der Waals surface area contributed by atoms with Gasteiger partial charge in [0.05, 0.1) is 28.3 Å². The Morgan fingerprint density at radius 3 is 3.00 bits per heavy atom. The van der Waals surface area contributed by atoms with E-state index in [1.54, 1.807) is 40.3 Å². The van der Waals surface area contributed by atoms with Gasteiger partial charge in [-0.25, -0.2) is 15.0 Å². The van der Waals surface area contributed by atoms with Crippen LogP contribution < -0.4 is 0 Å². The Morgan fingerprint density at radius 2 is 2.18 bits per heavy atom. The van der Waals surface area contributed by atoms with E-state index in [9.17, 15) is 4.79 Å². The number of hydrogen-bond acceptors (Lipinski definition) is 8. The summed E-state index contributed by atoms with van der Waals surface area (Å²) < 4.78 is 6.50. The van der Waals surface area contributed by atoms with Gasteiger partial charge in [-0.1, -0.05) is 17.8 Å². The quantitative estimate of drug-likeness (QED) is 0.338. The zero-order chi connectivity index (χ0) is 18.9. The van der Waals surface area contributed by atoms with Gasteiger partial charge in [-0.3, -0.25) is 4.79 Å². The molecule has 1 atom stereocenters. The Kier molecular flexibility index (Phi) is 4.71. The predicted molar refractivity (Wildman–Crippen MR) is 112 cm³/mol. The minimum atomic E-state index is -0.0969. The number of fused-ring (bicyclic) bond motifs is 1. The maximum atomic E-state index is 13.0. The second-order valence-corrected chi connectivity index (χ2v) is 8.96. The summed E-state index contributed by atoms with van der Waals surface area (Å²) in [4.78, 5) is 22.8. The average Bonchev–Trinajstić information content (AvgIpc) is 3.49. The molecule has 0 saturated heterocycles. The predicted octanol–water partition coefficient (Wildman–Crippen LogP) is 4.82. The van der Waals surface area contributed by atoms with Crippen LogP contribution in [0.3, 0.4) is 0 Å². The first kappa shape index (κ1) is 17.6. The van der Waals surface area contributed by atoms with Crippen molar-refractivity contribution in [3.05, 3.63) is 64.3 Å². The van der Waals surface area contributed by atoms with Crippen LogP contribution >= 0.6 is 34.4 Å². The highest BCUT2D eigenvalue weighted by Crippen LogP contribution is 2.36. The van der Waals surface area contributed by atoms with Gasteiger partial charge in [0.1, 0.15) is 22.8 Å². The molecule has 5 rings (SSSR count). The van der Waals surface area contributed by atoms with Gasteiger partial charge < -0.3 is 4.42 Å². The highest BCUT2D eigenvalue weighted by molar-refractivity contribution is 8.00. The number of furan rings is 1. The monoisotopic (exact) mass is 426 g/mol. The summed E-state index contributed by atoms with van der Waals surface area (Å²) in [6.45, 7) is 0. The Balaban J connectivity index is 1.38. The topological polar surface area (TPSA) is 71.6 Å². The average molecular weight is 427 g/mol. The van der Waals surface area contributed by atoms with Gasteiger partial charge >= 0.3 is 0 Å². The van der Waals surface area contributed by atoms with E-state index in [-0.39, 0.29) is 17.7 Å². The summed E-state index contributed by atoms with van der Waals surface area (Å²) in [6, 6.07) is 9.61. The van der Waals surface area contributed by atoms with Crippen molar-refractivity contribution in [1.29, 1.82) is 0 Å². The van der Waals surface area contributed by atoms with Crippen molar-refractivity contribution in [2.45, 2.75) is 17.5 Å². The molecule has 5 heterocycles. The molecule has 0 N–H and O–H groups in total. The fourth-order valence-corrected chi connectivity index (χ4v) is 5.71. The Bertz CT molecular complexity index is 1140. The Morgan fingerprint density at radius 1 is 1.21 bits per heavy atom. The van der Waals surface area contributed by atoms with E-state index in [0.29, 0.717) is 12.2 Å². The number of hydrazone groups is 1. The second kappa shape index (κ2) is 7.50. The molecule has 0 aliphatic carbocycles. The van der Waals surface area contributed by atoms with Crippen molar-refractivity contribution in [1.82, 2.24) is 15.0 Å². The van der Waals surface area contributed by atoms with E-state index in [2.05, 4.69) is 15.1 Å². The molecule has 140 valence electrons. The molecule has 4 aromatic heterocycles. The number of carbonyl (C=O) groups is 1. The van der Waals surface area contributed by atoms with Crippen LogP contribution in [0, 0.1) is 0 Å². The lowest BCUT2D eigenvalue weighted by molar-refractivity contribution is -0.130. The van der Waals surface area contributed by atoms with E-state index in [0.717, 1.165) is 25.8 Å². The summed E-state index contributed by atoms with van der Waals surface area (Å²) in [5, 5.41) is 11.0. The number of amides is 1. The molecule has 28 heavy (non-hydrogen) atoms. The molecule has 1 aliphatic rings. The van der Waals surface area contributed by atoms with Gasteiger partial charge in [-0.15, -0.1) is 22.7 Å². The van der Waals surface area contributed by atoms with E-state index in [4.69, 9.17) is 4.42 Å². The molecule has 0 saturated carbocycles. The molecule has 0 fully saturated rings. The first-order chi connectivity index (χ1) is 13.8. The van der Waals surface area contributed by atoms with Crippen LogP contribution in [-0.2, 0) is 4.79 Å². The first-order valence-electron chi connectivity index (χ1n) is 8.57. The van der Waals surface area contributed by atoms with Crippen LogP contribution in [-0.4, -0.2) is 32.3 Å². The number of rotatable bonds is 5. The Labute approximate surface area is 172 Å². The number of thioether (sulfide) groups is 1. The lowest BCUT2D eigenvalue weighted by atomic mass is 10.1. The molecular weight excluding hydrogens is 412 g/mol. The highest BCUT2D eigenvalue weighted by Gasteiger charge is 2.34. The van der Waals surface area contributed by atoms with Gasteiger partial charge in [0.15, 0.2) is 0 Å². The smallest absolute Gasteiger partial charge is 0.253 e. The molecule has 0 spiro atoms. The van der Waals surface area contributed by atoms with E-state index < -0.39 is 0 Å².